The van der Waals surface area contributed by atoms with E-state index in [-0.39, 0.29) is 12.1 Å². The van der Waals surface area contributed by atoms with Gasteiger partial charge < -0.3 is 10.6 Å². The monoisotopic (exact) mass is 279 g/mol. The summed E-state index contributed by atoms with van der Waals surface area (Å²) in [6.07, 6.45) is 7.63. The molecule has 3 unspecified atom stereocenters. The molecule has 114 valence electrons. The zero-order valence-electron chi connectivity index (χ0n) is 13.3. The third kappa shape index (κ3) is 3.40. The van der Waals surface area contributed by atoms with Crippen LogP contribution in [0.2, 0.25) is 0 Å². The molecule has 1 aliphatic heterocycles. The van der Waals surface area contributed by atoms with Crippen molar-refractivity contribution in [1.29, 1.82) is 0 Å². The first-order valence-electron chi connectivity index (χ1n) is 7.67. The van der Waals surface area contributed by atoms with E-state index in [0.29, 0.717) is 6.04 Å². The minimum absolute atomic E-state index is 0.149. The molecule has 1 fully saturated rings. The summed E-state index contributed by atoms with van der Waals surface area (Å²) in [6, 6.07) is 1.06. The molecule has 1 aromatic heterocycles. The summed E-state index contributed by atoms with van der Waals surface area (Å²) in [5.74, 6) is 0. The summed E-state index contributed by atoms with van der Waals surface area (Å²) in [7, 11) is 6.38. The van der Waals surface area contributed by atoms with Gasteiger partial charge in [0.1, 0.15) is 0 Å². The predicted octanol–water partition coefficient (Wildman–Crippen LogP) is 1.22. The smallest absolute Gasteiger partial charge is 0.0538 e. The Morgan fingerprint density at radius 3 is 2.75 bits per heavy atom. The van der Waals surface area contributed by atoms with E-state index in [1.165, 1.54) is 24.9 Å². The van der Waals surface area contributed by atoms with E-state index in [9.17, 15) is 0 Å². The van der Waals surface area contributed by atoms with E-state index in [1.54, 1.807) is 0 Å². The fraction of sp³-hybridized carbons (Fsp3) is 0.800. The number of likely N-dealkylation sites (N-methyl/N-ethyl adjacent to an activating group) is 2. The first-order chi connectivity index (χ1) is 9.52. The molecule has 3 atom stereocenters. The lowest BCUT2D eigenvalue weighted by Gasteiger charge is -2.35. The highest BCUT2D eigenvalue weighted by molar-refractivity contribution is 5.13. The Kier molecular flexibility index (Phi) is 5.18. The van der Waals surface area contributed by atoms with Gasteiger partial charge in [-0.05, 0) is 39.9 Å². The van der Waals surface area contributed by atoms with Gasteiger partial charge in [0, 0.05) is 37.4 Å². The van der Waals surface area contributed by atoms with Crippen LogP contribution < -0.4 is 5.73 Å². The van der Waals surface area contributed by atoms with Crippen molar-refractivity contribution < 1.29 is 0 Å². The molecule has 20 heavy (non-hydrogen) atoms. The maximum absolute atomic E-state index is 6.38. The zero-order chi connectivity index (χ0) is 14.7. The van der Waals surface area contributed by atoms with Crippen molar-refractivity contribution in [3.05, 3.63) is 18.0 Å². The molecule has 0 aliphatic carbocycles. The van der Waals surface area contributed by atoms with Crippen LogP contribution in [0.15, 0.2) is 12.4 Å². The van der Waals surface area contributed by atoms with Crippen molar-refractivity contribution in [2.45, 2.75) is 44.3 Å². The molecule has 0 aromatic carbocycles. The Balaban J connectivity index is 2.09. The van der Waals surface area contributed by atoms with Crippen LogP contribution in [0.25, 0.3) is 0 Å². The number of nitrogens with zero attached hydrogens (tertiary/aromatic N) is 4. The summed E-state index contributed by atoms with van der Waals surface area (Å²) in [5, 5.41) is 4.31. The largest absolute Gasteiger partial charge is 0.326 e. The van der Waals surface area contributed by atoms with Crippen LogP contribution >= 0.6 is 0 Å². The number of likely N-dealkylation sites (tertiary alicyclic amines) is 1. The highest BCUT2D eigenvalue weighted by atomic mass is 15.3. The molecule has 2 heterocycles. The molecule has 2 rings (SSSR count). The molecule has 2 N–H and O–H groups in total. The van der Waals surface area contributed by atoms with Gasteiger partial charge in [-0.3, -0.25) is 9.58 Å². The summed E-state index contributed by atoms with van der Waals surface area (Å²) < 4.78 is 1.86. The van der Waals surface area contributed by atoms with Gasteiger partial charge >= 0.3 is 0 Å². The van der Waals surface area contributed by atoms with Gasteiger partial charge in [0.15, 0.2) is 0 Å². The maximum atomic E-state index is 6.38. The SMILES string of the molecule is CCC(N)C(c1cnn(C)c1)N(C)CC1CCCN1C. The molecular formula is C15H29N5. The van der Waals surface area contributed by atoms with Crippen molar-refractivity contribution >= 4 is 0 Å². The minimum atomic E-state index is 0.149. The van der Waals surface area contributed by atoms with Gasteiger partial charge in [-0.25, -0.2) is 0 Å². The van der Waals surface area contributed by atoms with E-state index in [1.807, 2.05) is 17.9 Å². The summed E-state index contributed by atoms with van der Waals surface area (Å²) in [5.41, 5.74) is 7.60. The van der Waals surface area contributed by atoms with Crippen LogP contribution in [-0.2, 0) is 7.05 Å². The van der Waals surface area contributed by atoms with Crippen LogP contribution in [0.1, 0.15) is 37.8 Å². The minimum Gasteiger partial charge on any atom is -0.326 e. The number of aromatic nitrogens is 2. The topological polar surface area (TPSA) is 50.3 Å². The molecule has 5 nitrogen and oxygen atoms in total. The van der Waals surface area contributed by atoms with Crippen LogP contribution in [0, 0.1) is 0 Å². The van der Waals surface area contributed by atoms with Crippen LogP contribution in [0.3, 0.4) is 0 Å². The first kappa shape index (κ1) is 15.5. The average Bonchev–Trinajstić information content (AvgIpc) is 2.99. The molecule has 1 aromatic rings. The lowest BCUT2D eigenvalue weighted by atomic mass is 9.99. The van der Waals surface area contributed by atoms with E-state index >= 15 is 0 Å². The van der Waals surface area contributed by atoms with Crippen molar-refractivity contribution in [3.8, 4) is 0 Å². The first-order valence-corrected chi connectivity index (χ1v) is 7.67. The molecule has 0 bridgehead atoms. The van der Waals surface area contributed by atoms with Gasteiger partial charge in [-0.2, -0.15) is 5.10 Å². The van der Waals surface area contributed by atoms with Crippen LogP contribution in [0.4, 0.5) is 0 Å². The third-order valence-corrected chi connectivity index (χ3v) is 4.59. The Labute approximate surface area is 122 Å². The van der Waals surface area contributed by atoms with E-state index in [0.717, 1.165) is 13.0 Å². The second kappa shape index (κ2) is 6.70. The Morgan fingerprint density at radius 2 is 2.25 bits per heavy atom. The van der Waals surface area contributed by atoms with Crippen molar-refractivity contribution in [1.82, 2.24) is 19.6 Å². The van der Waals surface area contributed by atoms with E-state index in [4.69, 9.17) is 5.73 Å². The molecule has 5 heteroatoms. The lowest BCUT2D eigenvalue weighted by Crippen LogP contribution is -2.44. The highest BCUT2D eigenvalue weighted by Crippen LogP contribution is 2.25. The van der Waals surface area contributed by atoms with Crippen LogP contribution in [-0.4, -0.2) is 58.8 Å². The average molecular weight is 279 g/mol. The number of rotatable bonds is 6. The second-order valence-corrected chi connectivity index (χ2v) is 6.18. The van der Waals surface area contributed by atoms with E-state index in [2.05, 4.69) is 42.1 Å². The van der Waals surface area contributed by atoms with Gasteiger partial charge in [0.25, 0.3) is 0 Å². The number of aryl methyl sites for hydroxylation is 1. The molecule has 0 amide bonds. The summed E-state index contributed by atoms with van der Waals surface area (Å²) in [4.78, 5) is 4.88. The van der Waals surface area contributed by atoms with Gasteiger partial charge in [0.05, 0.1) is 12.2 Å². The Morgan fingerprint density at radius 1 is 1.50 bits per heavy atom. The molecule has 1 aliphatic rings. The molecule has 0 saturated carbocycles. The molecule has 0 radical (unpaired) electrons. The second-order valence-electron chi connectivity index (χ2n) is 6.18. The predicted molar refractivity (Wildman–Crippen MR) is 82.5 cm³/mol. The maximum Gasteiger partial charge on any atom is 0.0538 e. The van der Waals surface area contributed by atoms with Crippen molar-refractivity contribution in [2.75, 3.05) is 27.2 Å². The normalized spacial score (nSPS) is 23.4. The standard InChI is InChI=1S/C15H29N5/c1-5-14(16)15(12-9-17-20(4)10-12)19(3)11-13-7-6-8-18(13)2/h9-10,13-15H,5-8,11,16H2,1-4H3. The quantitative estimate of drug-likeness (QED) is 0.851. The fourth-order valence-corrected chi connectivity index (χ4v) is 3.30. The molecule has 1 saturated heterocycles. The Bertz CT molecular complexity index is 416. The number of nitrogens with two attached hydrogens (primary N) is 1. The zero-order valence-corrected chi connectivity index (χ0v) is 13.3. The van der Waals surface area contributed by atoms with Gasteiger partial charge in [0.2, 0.25) is 0 Å². The van der Waals surface area contributed by atoms with Gasteiger partial charge in [-0.1, -0.05) is 6.92 Å². The summed E-state index contributed by atoms with van der Waals surface area (Å²) >= 11 is 0. The highest BCUT2D eigenvalue weighted by Gasteiger charge is 2.29. The lowest BCUT2D eigenvalue weighted by molar-refractivity contribution is 0.157. The van der Waals surface area contributed by atoms with Crippen molar-refractivity contribution in [2.24, 2.45) is 12.8 Å². The van der Waals surface area contributed by atoms with E-state index < -0.39 is 0 Å². The number of hydrogen-bond donors (Lipinski definition) is 1. The third-order valence-electron chi connectivity index (χ3n) is 4.59. The molecule has 0 spiro atoms. The fourth-order valence-electron chi connectivity index (χ4n) is 3.30. The van der Waals surface area contributed by atoms with Gasteiger partial charge in [-0.15, -0.1) is 0 Å². The Hall–Kier alpha value is -0.910. The van der Waals surface area contributed by atoms with Crippen molar-refractivity contribution in [3.63, 3.8) is 0 Å². The summed E-state index contributed by atoms with van der Waals surface area (Å²) in [6.45, 7) is 4.45. The van der Waals surface area contributed by atoms with Crippen LogP contribution in [0.5, 0.6) is 0 Å². The number of hydrogen-bond acceptors (Lipinski definition) is 4. The molecular weight excluding hydrogens is 250 g/mol.